The van der Waals surface area contributed by atoms with E-state index in [9.17, 15) is 4.79 Å². The van der Waals surface area contributed by atoms with E-state index in [0.717, 1.165) is 0 Å². The predicted octanol–water partition coefficient (Wildman–Crippen LogP) is -0.328. The van der Waals surface area contributed by atoms with Crippen molar-refractivity contribution >= 4 is 11.9 Å². The molecule has 1 aliphatic rings. The number of fused-ring (bicyclic) bond motifs is 1. The molecule has 0 unspecified atom stereocenters. The summed E-state index contributed by atoms with van der Waals surface area (Å²) < 4.78 is 1.49. The van der Waals surface area contributed by atoms with Gasteiger partial charge in [-0.15, -0.1) is 0 Å². The van der Waals surface area contributed by atoms with Crippen LogP contribution in [0.2, 0.25) is 0 Å². The Morgan fingerprint density at radius 1 is 1.75 bits per heavy atom. The van der Waals surface area contributed by atoms with Crippen LogP contribution in [0.5, 0.6) is 0 Å². The molecular formula is C6H6N4O2. The van der Waals surface area contributed by atoms with E-state index in [1.807, 2.05) is 0 Å². The summed E-state index contributed by atoms with van der Waals surface area (Å²) in [5, 5.41) is 15.2. The van der Waals surface area contributed by atoms with Crippen LogP contribution < -0.4 is 5.32 Å². The molecular weight excluding hydrogens is 160 g/mol. The van der Waals surface area contributed by atoms with E-state index in [1.54, 1.807) is 0 Å². The van der Waals surface area contributed by atoms with E-state index in [-0.39, 0.29) is 12.1 Å². The topological polar surface area (TPSA) is 80.0 Å². The van der Waals surface area contributed by atoms with E-state index in [2.05, 4.69) is 15.4 Å². The molecule has 62 valence electrons. The first-order valence-electron chi connectivity index (χ1n) is 3.34. The highest BCUT2D eigenvalue weighted by Crippen LogP contribution is 2.11. The second kappa shape index (κ2) is 2.33. The van der Waals surface area contributed by atoms with Crippen LogP contribution in [0.4, 0.5) is 5.95 Å². The zero-order valence-electron chi connectivity index (χ0n) is 6.06. The molecule has 2 N–H and O–H groups in total. The average Bonchev–Trinajstić information content (AvgIpc) is 2.49. The van der Waals surface area contributed by atoms with Crippen LogP contribution in [-0.2, 0) is 11.3 Å². The van der Waals surface area contributed by atoms with Crippen molar-refractivity contribution in [3.05, 3.63) is 18.1 Å². The zero-order valence-corrected chi connectivity index (χ0v) is 6.06. The van der Waals surface area contributed by atoms with Crippen molar-refractivity contribution in [2.24, 2.45) is 0 Å². The Kier molecular flexibility index (Phi) is 1.33. The first-order valence-corrected chi connectivity index (χ1v) is 3.34. The maximum atomic E-state index is 10.5. The summed E-state index contributed by atoms with van der Waals surface area (Å²) in [6.07, 6.45) is 2.80. The highest BCUT2D eigenvalue weighted by molar-refractivity contribution is 5.87. The quantitative estimate of drug-likeness (QED) is 0.597. The fraction of sp³-hybridized carbons (Fsp3) is 0.167. The molecule has 1 aliphatic heterocycles. The molecule has 2 heterocycles. The van der Waals surface area contributed by atoms with E-state index in [0.29, 0.717) is 5.95 Å². The number of nitrogens with one attached hydrogen (secondary N) is 1. The minimum absolute atomic E-state index is 0.262. The lowest BCUT2D eigenvalue weighted by Gasteiger charge is -2.11. The van der Waals surface area contributed by atoms with Crippen molar-refractivity contribution in [3.63, 3.8) is 0 Å². The third-order valence-electron chi connectivity index (χ3n) is 1.59. The second-order valence-corrected chi connectivity index (χ2v) is 2.36. The van der Waals surface area contributed by atoms with Crippen molar-refractivity contribution in [3.8, 4) is 0 Å². The first kappa shape index (κ1) is 6.84. The zero-order chi connectivity index (χ0) is 8.55. The van der Waals surface area contributed by atoms with Gasteiger partial charge in [0.15, 0.2) is 0 Å². The van der Waals surface area contributed by atoms with Crippen LogP contribution in [0.25, 0.3) is 0 Å². The third-order valence-corrected chi connectivity index (χ3v) is 1.59. The fourth-order valence-electron chi connectivity index (χ4n) is 0.980. The number of carbonyl (C=O) groups is 1. The molecule has 0 amide bonds. The number of aliphatic carboxylic acids is 1. The van der Waals surface area contributed by atoms with Crippen molar-refractivity contribution in [2.45, 2.75) is 6.54 Å². The maximum Gasteiger partial charge on any atom is 0.334 e. The minimum atomic E-state index is -0.941. The number of nitrogens with zero attached hydrogens (tertiary/aromatic N) is 3. The van der Waals surface area contributed by atoms with Crippen LogP contribution in [0.3, 0.4) is 0 Å². The molecule has 1 aromatic heterocycles. The van der Waals surface area contributed by atoms with Crippen molar-refractivity contribution in [1.82, 2.24) is 14.8 Å². The van der Waals surface area contributed by atoms with Gasteiger partial charge in [0.25, 0.3) is 0 Å². The normalized spacial score (nSPS) is 14.5. The van der Waals surface area contributed by atoms with Gasteiger partial charge < -0.3 is 10.4 Å². The number of hydrogen-bond donors (Lipinski definition) is 2. The Labute approximate surface area is 67.5 Å². The lowest BCUT2D eigenvalue weighted by atomic mass is 10.3. The van der Waals surface area contributed by atoms with Crippen LogP contribution in [-0.4, -0.2) is 25.8 Å². The van der Waals surface area contributed by atoms with Crippen molar-refractivity contribution in [1.29, 1.82) is 0 Å². The molecule has 12 heavy (non-hydrogen) atoms. The molecule has 0 spiro atoms. The largest absolute Gasteiger partial charge is 0.478 e. The van der Waals surface area contributed by atoms with E-state index in [1.165, 1.54) is 17.2 Å². The standard InChI is InChI=1S/C6H6N4O2/c11-5(12)4-1-7-6-8-3-9-10(6)2-4/h1,3H,2H2,(H,11,12)(H,7,8,9). The monoisotopic (exact) mass is 166 g/mol. The maximum absolute atomic E-state index is 10.5. The molecule has 0 radical (unpaired) electrons. The van der Waals surface area contributed by atoms with Gasteiger partial charge in [0.05, 0.1) is 12.1 Å². The summed E-state index contributed by atoms with van der Waals surface area (Å²) in [6.45, 7) is 0.262. The Morgan fingerprint density at radius 3 is 3.33 bits per heavy atom. The van der Waals surface area contributed by atoms with Crippen LogP contribution >= 0.6 is 0 Å². The van der Waals surface area contributed by atoms with Crippen LogP contribution in [0.1, 0.15) is 0 Å². The number of rotatable bonds is 1. The van der Waals surface area contributed by atoms with Gasteiger partial charge in [-0.3, -0.25) is 0 Å². The van der Waals surface area contributed by atoms with Crippen molar-refractivity contribution < 1.29 is 9.90 Å². The summed E-state index contributed by atoms with van der Waals surface area (Å²) in [6, 6.07) is 0. The van der Waals surface area contributed by atoms with Gasteiger partial charge in [-0.05, 0) is 0 Å². The molecule has 2 rings (SSSR count). The summed E-state index contributed by atoms with van der Waals surface area (Å²) in [5.41, 5.74) is 0.271. The van der Waals surface area contributed by atoms with Crippen LogP contribution in [0, 0.1) is 0 Å². The Balaban J connectivity index is 2.29. The molecule has 6 heteroatoms. The number of carboxylic acids is 1. The number of carboxylic acid groups (broad SMARTS) is 1. The number of anilines is 1. The molecule has 0 aromatic carbocycles. The molecule has 6 nitrogen and oxygen atoms in total. The highest BCUT2D eigenvalue weighted by atomic mass is 16.4. The van der Waals surface area contributed by atoms with Gasteiger partial charge >= 0.3 is 5.97 Å². The predicted molar refractivity (Wildman–Crippen MR) is 39.4 cm³/mol. The minimum Gasteiger partial charge on any atom is -0.478 e. The molecule has 1 aromatic rings. The lowest BCUT2D eigenvalue weighted by molar-refractivity contribution is -0.132. The fourth-order valence-corrected chi connectivity index (χ4v) is 0.980. The van der Waals surface area contributed by atoms with Gasteiger partial charge in [0.1, 0.15) is 6.33 Å². The SMILES string of the molecule is O=C(O)C1=CNc2ncnn2C1. The van der Waals surface area contributed by atoms with Gasteiger partial charge in [-0.1, -0.05) is 0 Å². The van der Waals surface area contributed by atoms with E-state index >= 15 is 0 Å². The summed E-state index contributed by atoms with van der Waals surface area (Å²) in [7, 11) is 0. The Hall–Kier alpha value is -1.85. The first-order chi connectivity index (χ1) is 5.77. The molecule has 0 atom stereocenters. The average molecular weight is 166 g/mol. The number of hydrogen-bond acceptors (Lipinski definition) is 4. The van der Waals surface area contributed by atoms with Crippen LogP contribution in [0.15, 0.2) is 18.1 Å². The van der Waals surface area contributed by atoms with Gasteiger partial charge in [-0.25, -0.2) is 9.48 Å². The summed E-state index contributed by atoms with van der Waals surface area (Å²) in [4.78, 5) is 14.4. The molecule has 0 fully saturated rings. The molecule has 0 aliphatic carbocycles. The molecule has 0 saturated carbocycles. The third kappa shape index (κ3) is 0.931. The van der Waals surface area contributed by atoms with Crippen molar-refractivity contribution in [2.75, 3.05) is 5.32 Å². The molecule has 0 saturated heterocycles. The Bertz CT molecular complexity index is 354. The van der Waals surface area contributed by atoms with E-state index in [4.69, 9.17) is 5.11 Å². The Morgan fingerprint density at radius 2 is 2.58 bits per heavy atom. The summed E-state index contributed by atoms with van der Waals surface area (Å²) in [5.74, 6) is -0.372. The number of aromatic nitrogens is 3. The lowest BCUT2D eigenvalue weighted by Crippen LogP contribution is -2.18. The second-order valence-electron chi connectivity index (χ2n) is 2.36. The van der Waals surface area contributed by atoms with Gasteiger partial charge in [0, 0.05) is 6.20 Å². The highest BCUT2D eigenvalue weighted by Gasteiger charge is 2.15. The smallest absolute Gasteiger partial charge is 0.334 e. The van der Waals surface area contributed by atoms with Gasteiger partial charge in [-0.2, -0.15) is 10.1 Å². The molecule has 0 bridgehead atoms. The van der Waals surface area contributed by atoms with E-state index < -0.39 is 5.97 Å². The van der Waals surface area contributed by atoms with Gasteiger partial charge in [0.2, 0.25) is 5.95 Å². The summed E-state index contributed by atoms with van der Waals surface area (Å²) >= 11 is 0.